The molecule has 2 amide bonds. The molecule has 0 radical (unpaired) electrons. The summed E-state index contributed by atoms with van der Waals surface area (Å²) in [5, 5.41) is 7.02. The highest BCUT2D eigenvalue weighted by Crippen LogP contribution is 2.40. The Hall–Kier alpha value is -2.53. The number of anilines is 3. The average Bonchev–Trinajstić information content (AvgIpc) is 2.56. The summed E-state index contributed by atoms with van der Waals surface area (Å²) in [6.45, 7) is 5.10. The fourth-order valence-electron chi connectivity index (χ4n) is 3.51. The molecule has 2 aromatic carbocycles. The van der Waals surface area contributed by atoms with E-state index in [0.29, 0.717) is 5.02 Å². The summed E-state index contributed by atoms with van der Waals surface area (Å²) in [7, 11) is 0. The molecular formula is C20H22ClN3O2. The predicted molar refractivity (Wildman–Crippen MR) is 106 cm³/mol. The van der Waals surface area contributed by atoms with Crippen LogP contribution in [0.5, 0.6) is 0 Å². The number of hydrogen-bond donors (Lipinski definition) is 2. The number of rotatable bonds is 3. The van der Waals surface area contributed by atoms with E-state index in [4.69, 9.17) is 11.6 Å². The Balaban J connectivity index is 2.00. The molecule has 0 aromatic heterocycles. The molecule has 5 nitrogen and oxygen atoms in total. The van der Waals surface area contributed by atoms with Gasteiger partial charge in [-0.3, -0.25) is 9.59 Å². The average molecular weight is 372 g/mol. The summed E-state index contributed by atoms with van der Waals surface area (Å²) >= 11 is 5.97. The van der Waals surface area contributed by atoms with Crippen LogP contribution < -0.4 is 15.5 Å². The maximum absolute atomic E-state index is 12.2. The first kappa shape index (κ1) is 18.3. The van der Waals surface area contributed by atoms with E-state index in [1.807, 2.05) is 54.3 Å². The van der Waals surface area contributed by atoms with Crippen molar-refractivity contribution in [3.8, 4) is 0 Å². The van der Waals surface area contributed by atoms with E-state index in [-0.39, 0.29) is 23.9 Å². The van der Waals surface area contributed by atoms with E-state index >= 15 is 0 Å². The molecule has 136 valence electrons. The van der Waals surface area contributed by atoms with Crippen molar-refractivity contribution in [1.29, 1.82) is 0 Å². The molecule has 1 aliphatic rings. The number of fused-ring (bicyclic) bond motifs is 1. The van der Waals surface area contributed by atoms with Crippen molar-refractivity contribution in [3.05, 3.63) is 53.1 Å². The zero-order valence-corrected chi connectivity index (χ0v) is 15.8. The van der Waals surface area contributed by atoms with Crippen molar-refractivity contribution >= 4 is 40.5 Å². The van der Waals surface area contributed by atoms with Gasteiger partial charge in [0, 0.05) is 47.5 Å². The second-order valence-corrected chi connectivity index (χ2v) is 7.07. The van der Waals surface area contributed by atoms with Crippen LogP contribution in [-0.4, -0.2) is 17.9 Å². The van der Waals surface area contributed by atoms with E-state index in [2.05, 4.69) is 10.6 Å². The molecule has 0 aliphatic carbocycles. The summed E-state index contributed by atoms with van der Waals surface area (Å²) in [5.41, 5.74) is 3.53. The van der Waals surface area contributed by atoms with Crippen molar-refractivity contribution in [2.75, 3.05) is 15.5 Å². The summed E-state index contributed by atoms with van der Waals surface area (Å²) in [6.07, 6.45) is 0.763. The minimum Gasteiger partial charge on any atom is -0.378 e. The molecule has 1 heterocycles. The lowest BCUT2D eigenvalue weighted by Crippen LogP contribution is -2.43. The van der Waals surface area contributed by atoms with Crippen molar-refractivity contribution in [1.82, 2.24) is 0 Å². The highest BCUT2D eigenvalue weighted by atomic mass is 35.5. The molecule has 26 heavy (non-hydrogen) atoms. The Kier molecular flexibility index (Phi) is 5.18. The van der Waals surface area contributed by atoms with Gasteiger partial charge in [0.25, 0.3) is 0 Å². The number of benzene rings is 2. The smallest absolute Gasteiger partial charge is 0.224 e. The summed E-state index contributed by atoms with van der Waals surface area (Å²) in [4.78, 5) is 25.4. The number of nitrogens with zero attached hydrogens (tertiary/aromatic N) is 1. The molecule has 2 N–H and O–H groups in total. The zero-order chi connectivity index (χ0) is 18.8. The molecule has 0 fully saturated rings. The Morgan fingerprint density at radius 1 is 1.08 bits per heavy atom. The van der Waals surface area contributed by atoms with Gasteiger partial charge in [-0.25, -0.2) is 0 Å². The van der Waals surface area contributed by atoms with Gasteiger partial charge in [0.1, 0.15) is 0 Å². The maximum Gasteiger partial charge on any atom is 0.224 e. The van der Waals surface area contributed by atoms with Gasteiger partial charge in [-0.15, -0.1) is 0 Å². The van der Waals surface area contributed by atoms with Gasteiger partial charge in [0.15, 0.2) is 0 Å². The second kappa shape index (κ2) is 7.38. The molecule has 2 atom stereocenters. The van der Waals surface area contributed by atoms with Crippen molar-refractivity contribution in [3.63, 3.8) is 0 Å². The quantitative estimate of drug-likeness (QED) is 0.829. The second-order valence-electron chi connectivity index (χ2n) is 6.63. The molecule has 3 rings (SSSR count). The van der Waals surface area contributed by atoms with Crippen molar-refractivity contribution < 1.29 is 9.59 Å². The van der Waals surface area contributed by atoms with Crippen LogP contribution in [0.2, 0.25) is 5.02 Å². The van der Waals surface area contributed by atoms with Crippen LogP contribution in [0.15, 0.2) is 42.5 Å². The van der Waals surface area contributed by atoms with Gasteiger partial charge >= 0.3 is 0 Å². The molecule has 2 aromatic rings. The lowest BCUT2D eigenvalue weighted by Gasteiger charge is -2.39. The fourth-order valence-corrected chi connectivity index (χ4v) is 3.63. The Morgan fingerprint density at radius 3 is 2.35 bits per heavy atom. The van der Waals surface area contributed by atoms with Gasteiger partial charge in [-0.05, 0) is 55.8 Å². The van der Waals surface area contributed by atoms with Crippen LogP contribution in [0.4, 0.5) is 17.1 Å². The van der Waals surface area contributed by atoms with E-state index in [1.54, 1.807) is 6.92 Å². The number of halogens is 1. The van der Waals surface area contributed by atoms with E-state index in [1.165, 1.54) is 6.92 Å². The highest BCUT2D eigenvalue weighted by Gasteiger charge is 2.32. The monoisotopic (exact) mass is 371 g/mol. The molecule has 6 heteroatoms. The third-order valence-corrected chi connectivity index (χ3v) is 4.78. The van der Waals surface area contributed by atoms with E-state index in [0.717, 1.165) is 29.0 Å². The molecule has 2 unspecified atom stereocenters. The number of carbonyl (C=O) groups is 2. The van der Waals surface area contributed by atoms with Gasteiger partial charge in [-0.1, -0.05) is 11.6 Å². The summed E-state index contributed by atoms with van der Waals surface area (Å²) in [5.74, 6) is -0.115. The van der Waals surface area contributed by atoms with Crippen LogP contribution in [0.3, 0.4) is 0 Å². The van der Waals surface area contributed by atoms with Crippen LogP contribution >= 0.6 is 11.6 Å². The number of hydrogen-bond acceptors (Lipinski definition) is 3. The van der Waals surface area contributed by atoms with E-state index < -0.39 is 0 Å². The summed E-state index contributed by atoms with van der Waals surface area (Å²) < 4.78 is 0. The molecule has 1 aliphatic heterocycles. The van der Waals surface area contributed by atoms with Gasteiger partial charge < -0.3 is 15.5 Å². The molecule has 0 spiro atoms. The molecule has 0 saturated heterocycles. The van der Waals surface area contributed by atoms with Gasteiger partial charge in [0.2, 0.25) is 11.8 Å². The SMILES string of the molecule is CC(=O)Nc1ccc2c(c1)C(Nc1ccc(Cl)cc1)CC(C)N2C(C)=O. The van der Waals surface area contributed by atoms with Gasteiger partial charge in [0.05, 0.1) is 6.04 Å². The molecule has 0 saturated carbocycles. The minimum atomic E-state index is -0.125. The highest BCUT2D eigenvalue weighted by molar-refractivity contribution is 6.30. The van der Waals surface area contributed by atoms with Gasteiger partial charge in [-0.2, -0.15) is 0 Å². The largest absolute Gasteiger partial charge is 0.378 e. The molecular weight excluding hydrogens is 350 g/mol. The number of carbonyl (C=O) groups excluding carboxylic acids is 2. The summed E-state index contributed by atoms with van der Waals surface area (Å²) in [6, 6.07) is 13.3. The van der Waals surface area contributed by atoms with Crippen LogP contribution in [-0.2, 0) is 9.59 Å². The number of amides is 2. The lowest BCUT2D eigenvalue weighted by atomic mass is 9.91. The standard InChI is InChI=1S/C20H22ClN3O2/c1-12-10-19(23-16-6-4-15(21)5-7-16)18-11-17(22-13(2)25)8-9-20(18)24(12)14(3)26/h4-9,11-12,19,23H,10H2,1-3H3,(H,22,25). The Morgan fingerprint density at radius 2 is 1.73 bits per heavy atom. The van der Waals surface area contributed by atoms with E-state index in [9.17, 15) is 9.59 Å². The molecule has 0 bridgehead atoms. The normalized spacial score (nSPS) is 18.8. The Bertz CT molecular complexity index is 835. The van der Waals surface area contributed by atoms with Crippen molar-refractivity contribution in [2.45, 2.75) is 39.3 Å². The zero-order valence-electron chi connectivity index (χ0n) is 15.0. The number of nitrogens with one attached hydrogen (secondary N) is 2. The fraction of sp³-hybridized carbons (Fsp3) is 0.300. The van der Waals surface area contributed by atoms with Crippen LogP contribution in [0, 0.1) is 0 Å². The van der Waals surface area contributed by atoms with Crippen LogP contribution in [0.1, 0.15) is 38.8 Å². The minimum absolute atomic E-state index is 0.0102. The predicted octanol–water partition coefficient (Wildman–Crippen LogP) is 4.60. The van der Waals surface area contributed by atoms with Crippen LogP contribution in [0.25, 0.3) is 0 Å². The van der Waals surface area contributed by atoms with Crippen molar-refractivity contribution in [2.24, 2.45) is 0 Å². The third kappa shape index (κ3) is 3.83. The topological polar surface area (TPSA) is 61.4 Å². The maximum atomic E-state index is 12.2. The lowest BCUT2D eigenvalue weighted by molar-refractivity contribution is -0.117. The third-order valence-electron chi connectivity index (χ3n) is 4.52. The first-order valence-electron chi connectivity index (χ1n) is 8.58. The first-order chi connectivity index (χ1) is 12.3. The Labute approximate surface area is 158 Å². The first-order valence-corrected chi connectivity index (χ1v) is 8.96.